The predicted octanol–water partition coefficient (Wildman–Crippen LogP) is 2.21. The lowest BCUT2D eigenvalue weighted by atomic mass is 10.2. The summed E-state index contributed by atoms with van der Waals surface area (Å²) in [5.74, 6) is 0.668. The molecule has 0 fully saturated rings. The van der Waals surface area contributed by atoms with Crippen molar-refractivity contribution in [3.8, 4) is 5.75 Å². The minimum Gasteiger partial charge on any atom is -0.484 e. The summed E-state index contributed by atoms with van der Waals surface area (Å²) in [5, 5.41) is 4.26. The number of nitrogens with one attached hydrogen (secondary N) is 1. The van der Waals surface area contributed by atoms with Crippen molar-refractivity contribution in [3.05, 3.63) is 48.0 Å². The highest BCUT2D eigenvalue weighted by molar-refractivity contribution is 5.57. The molecule has 2 aromatic heterocycles. The number of halogens is 1. The Morgan fingerprint density at radius 2 is 2.25 bits per heavy atom. The Bertz CT molecular complexity index is 866. The maximum Gasteiger partial charge on any atom is 0.272 e. The molecule has 124 valence electrons. The van der Waals surface area contributed by atoms with Gasteiger partial charge in [-0.2, -0.15) is 14.5 Å². The summed E-state index contributed by atoms with van der Waals surface area (Å²) in [6, 6.07) is 7.71. The van der Waals surface area contributed by atoms with E-state index in [1.165, 1.54) is 30.1 Å². The van der Waals surface area contributed by atoms with Crippen molar-refractivity contribution in [2.45, 2.75) is 13.0 Å². The van der Waals surface area contributed by atoms with Crippen LogP contribution in [0.5, 0.6) is 5.75 Å². The van der Waals surface area contributed by atoms with E-state index in [1.54, 1.807) is 24.4 Å². The fourth-order valence-electron chi connectivity index (χ4n) is 2.10. The molecular formula is C15H15FN6O2. The Morgan fingerprint density at radius 1 is 1.38 bits per heavy atom. The van der Waals surface area contributed by atoms with Gasteiger partial charge in [0.25, 0.3) is 11.7 Å². The summed E-state index contributed by atoms with van der Waals surface area (Å²) in [5.41, 5.74) is 3.16. The molecule has 0 aliphatic heterocycles. The number of benzene rings is 1. The fourth-order valence-corrected chi connectivity index (χ4v) is 2.10. The van der Waals surface area contributed by atoms with Crippen LogP contribution < -0.4 is 10.2 Å². The first-order valence-corrected chi connectivity index (χ1v) is 7.12. The van der Waals surface area contributed by atoms with Crippen molar-refractivity contribution < 1.29 is 14.0 Å². The third-order valence-electron chi connectivity index (χ3n) is 3.13. The van der Waals surface area contributed by atoms with Crippen LogP contribution in [0.1, 0.15) is 18.7 Å². The van der Waals surface area contributed by atoms with E-state index in [4.69, 9.17) is 4.74 Å². The van der Waals surface area contributed by atoms with E-state index in [-0.39, 0.29) is 11.8 Å². The first kappa shape index (κ1) is 15.8. The molecule has 3 rings (SSSR count). The van der Waals surface area contributed by atoms with Crippen LogP contribution in [0.3, 0.4) is 0 Å². The van der Waals surface area contributed by atoms with Crippen LogP contribution >= 0.6 is 0 Å². The third-order valence-corrected chi connectivity index (χ3v) is 3.13. The van der Waals surface area contributed by atoms with Crippen molar-refractivity contribution in [3.63, 3.8) is 0 Å². The molecule has 2 heterocycles. The molecule has 0 spiro atoms. The van der Waals surface area contributed by atoms with E-state index in [9.17, 15) is 4.39 Å². The van der Waals surface area contributed by atoms with Crippen molar-refractivity contribution in [2.24, 2.45) is 4.99 Å². The molecule has 0 radical (unpaired) electrons. The number of nitrogens with zero attached hydrogens (tertiary/aromatic N) is 5. The molecular weight excluding hydrogens is 315 g/mol. The molecule has 0 amide bonds. The molecule has 8 nitrogen and oxygen atoms in total. The Kier molecular flexibility index (Phi) is 4.62. The number of ether oxygens (including phenoxy) is 1. The molecule has 1 atom stereocenters. The standard InChI is InChI=1S/C15H15FN6O2/c1-10(24-12-5-3-4-11(16)8-12)13-6-7-17-15-20-14(21-22(13)15)18-9-19-23-2/h3-10H,1-2H3,(H,18,19,21). The number of hydrogen-bond donors (Lipinski definition) is 1. The molecule has 0 saturated heterocycles. The number of aliphatic imine (C=N–C) groups is 1. The van der Waals surface area contributed by atoms with Gasteiger partial charge in [0, 0.05) is 12.3 Å². The van der Waals surface area contributed by atoms with Crippen molar-refractivity contribution >= 4 is 18.1 Å². The zero-order chi connectivity index (χ0) is 16.9. The summed E-state index contributed by atoms with van der Waals surface area (Å²) >= 11 is 0. The lowest BCUT2D eigenvalue weighted by Crippen LogP contribution is -2.10. The topological polar surface area (TPSA) is 85.9 Å². The highest BCUT2D eigenvalue weighted by Crippen LogP contribution is 2.22. The molecule has 3 aromatic rings. The van der Waals surface area contributed by atoms with Gasteiger partial charge in [0.1, 0.15) is 24.0 Å². The smallest absolute Gasteiger partial charge is 0.272 e. The van der Waals surface area contributed by atoms with Crippen LogP contribution in [0.4, 0.5) is 10.3 Å². The Hall–Kier alpha value is -3.07. The molecule has 1 unspecified atom stereocenters. The summed E-state index contributed by atoms with van der Waals surface area (Å²) in [6.07, 6.45) is 2.53. The molecule has 0 saturated carbocycles. The van der Waals surface area contributed by atoms with Crippen LogP contribution in [0.15, 0.2) is 41.5 Å². The van der Waals surface area contributed by atoms with Crippen molar-refractivity contribution in [1.82, 2.24) is 25.1 Å². The van der Waals surface area contributed by atoms with Gasteiger partial charge in [0.05, 0.1) is 12.8 Å². The molecule has 0 bridgehead atoms. The van der Waals surface area contributed by atoms with E-state index < -0.39 is 6.10 Å². The normalized spacial score (nSPS) is 12.6. The predicted molar refractivity (Wildman–Crippen MR) is 84.5 cm³/mol. The quantitative estimate of drug-likeness (QED) is 0.424. The highest BCUT2D eigenvalue weighted by atomic mass is 19.1. The number of fused-ring (bicyclic) bond motifs is 1. The van der Waals surface area contributed by atoms with Gasteiger partial charge < -0.3 is 4.74 Å². The number of aromatic nitrogens is 4. The van der Waals surface area contributed by atoms with Gasteiger partial charge in [-0.15, -0.1) is 5.10 Å². The second-order valence-electron chi connectivity index (χ2n) is 4.79. The van der Waals surface area contributed by atoms with Gasteiger partial charge in [-0.1, -0.05) is 6.07 Å². The monoisotopic (exact) mass is 330 g/mol. The summed E-state index contributed by atoms with van der Waals surface area (Å²) in [4.78, 5) is 17.0. The summed E-state index contributed by atoms with van der Waals surface area (Å²) < 4.78 is 20.6. The second-order valence-corrected chi connectivity index (χ2v) is 4.79. The molecule has 0 aliphatic rings. The molecule has 24 heavy (non-hydrogen) atoms. The minimum atomic E-state index is -0.395. The molecule has 1 N–H and O–H groups in total. The average molecular weight is 330 g/mol. The van der Waals surface area contributed by atoms with E-state index in [0.29, 0.717) is 17.2 Å². The minimum absolute atomic E-state index is 0.220. The van der Waals surface area contributed by atoms with Gasteiger partial charge >= 0.3 is 0 Å². The van der Waals surface area contributed by atoms with E-state index in [2.05, 4.69) is 30.4 Å². The van der Waals surface area contributed by atoms with Crippen LogP contribution in [0, 0.1) is 5.82 Å². The number of hydrogen-bond acceptors (Lipinski definition) is 6. The van der Waals surface area contributed by atoms with Gasteiger partial charge in [-0.05, 0) is 25.1 Å². The van der Waals surface area contributed by atoms with Crippen LogP contribution in [0.25, 0.3) is 5.78 Å². The Morgan fingerprint density at radius 3 is 3.04 bits per heavy atom. The Labute approximate surface area is 136 Å². The first-order valence-electron chi connectivity index (χ1n) is 7.12. The fraction of sp³-hybridized carbons (Fsp3) is 0.200. The summed E-state index contributed by atoms with van der Waals surface area (Å²) in [7, 11) is 1.47. The van der Waals surface area contributed by atoms with Gasteiger partial charge in [-0.25, -0.2) is 9.37 Å². The zero-order valence-electron chi connectivity index (χ0n) is 13.0. The van der Waals surface area contributed by atoms with Gasteiger partial charge in [-0.3, -0.25) is 10.3 Å². The molecule has 9 heteroatoms. The van der Waals surface area contributed by atoms with E-state index in [1.807, 2.05) is 6.92 Å². The Balaban J connectivity index is 1.88. The first-order chi connectivity index (χ1) is 11.7. The van der Waals surface area contributed by atoms with Gasteiger partial charge in [0.15, 0.2) is 0 Å². The van der Waals surface area contributed by atoms with Crippen molar-refractivity contribution in [2.75, 3.05) is 7.11 Å². The maximum atomic E-state index is 13.3. The average Bonchev–Trinajstić information content (AvgIpc) is 2.97. The third kappa shape index (κ3) is 3.46. The zero-order valence-corrected chi connectivity index (χ0v) is 13.0. The largest absolute Gasteiger partial charge is 0.484 e. The SMILES string of the molecule is CON/C=N/c1nc2nccc(C(C)Oc3cccc(F)c3)n2n1. The second kappa shape index (κ2) is 7.01. The highest BCUT2D eigenvalue weighted by Gasteiger charge is 2.15. The van der Waals surface area contributed by atoms with Crippen LogP contribution in [-0.4, -0.2) is 33.0 Å². The number of rotatable bonds is 6. The lowest BCUT2D eigenvalue weighted by Gasteiger charge is -2.15. The van der Waals surface area contributed by atoms with Crippen molar-refractivity contribution in [1.29, 1.82) is 0 Å². The number of hydroxylamine groups is 1. The lowest BCUT2D eigenvalue weighted by molar-refractivity contribution is 0.148. The van der Waals surface area contributed by atoms with Gasteiger partial charge in [0.2, 0.25) is 0 Å². The maximum absolute atomic E-state index is 13.3. The van der Waals surface area contributed by atoms with Crippen LogP contribution in [0.2, 0.25) is 0 Å². The van der Waals surface area contributed by atoms with Crippen LogP contribution in [-0.2, 0) is 4.84 Å². The molecule has 1 aromatic carbocycles. The van der Waals surface area contributed by atoms with E-state index >= 15 is 0 Å². The summed E-state index contributed by atoms with van der Waals surface area (Å²) in [6.45, 7) is 1.83. The van der Waals surface area contributed by atoms with E-state index in [0.717, 1.165) is 0 Å². The molecule has 0 aliphatic carbocycles.